The van der Waals surface area contributed by atoms with E-state index in [4.69, 9.17) is 11.6 Å². The molecule has 1 aliphatic heterocycles. The van der Waals surface area contributed by atoms with Gasteiger partial charge in [-0.15, -0.1) is 0 Å². The monoisotopic (exact) mass is 413 g/mol. The summed E-state index contributed by atoms with van der Waals surface area (Å²) in [5.74, 6) is 1.02. The topological polar surface area (TPSA) is 64.0 Å². The lowest BCUT2D eigenvalue weighted by Crippen LogP contribution is -2.23. The molecule has 5 nitrogen and oxygen atoms in total. The maximum atomic E-state index is 13.1. The van der Waals surface area contributed by atoms with Crippen molar-refractivity contribution in [2.75, 3.05) is 5.32 Å². The smallest absolute Gasteiger partial charge is 0.233 e. The van der Waals surface area contributed by atoms with Crippen LogP contribution in [0.4, 0.5) is 5.82 Å². The van der Waals surface area contributed by atoms with Crippen LogP contribution in [0, 0.1) is 0 Å². The van der Waals surface area contributed by atoms with Crippen LogP contribution >= 0.6 is 11.6 Å². The molecule has 4 rings (SSSR count). The minimum atomic E-state index is -0.984. The average Bonchev–Trinajstić information content (AvgIpc) is 3.20. The molecule has 1 aromatic heterocycles. The van der Waals surface area contributed by atoms with Crippen molar-refractivity contribution in [2.45, 2.75) is 30.8 Å². The maximum absolute atomic E-state index is 13.1. The lowest BCUT2D eigenvalue weighted by Gasteiger charge is -2.17. The molecule has 1 aliphatic rings. The molecular weight excluding hydrogens is 394 g/mol. The van der Waals surface area contributed by atoms with Crippen molar-refractivity contribution >= 4 is 34.1 Å². The number of hydrogen-bond acceptors (Lipinski definition) is 3. The number of nitrogens with one attached hydrogen (secondary N) is 1. The van der Waals surface area contributed by atoms with Gasteiger partial charge in [0.1, 0.15) is 5.82 Å². The number of anilines is 1. The fraction of sp³-hybridized carbons (Fsp3) is 0.238. The molecule has 0 bridgehead atoms. The van der Waals surface area contributed by atoms with Crippen molar-refractivity contribution in [3.63, 3.8) is 0 Å². The Morgan fingerprint density at radius 1 is 1.21 bits per heavy atom. The Morgan fingerprint density at radius 2 is 2.00 bits per heavy atom. The lowest BCUT2D eigenvalue weighted by atomic mass is 9.95. The highest BCUT2D eigenvalue weighted by atomic mass is 35.5. The van der Waals surface area contributed by atoms with Crippen LogP contribution in [0.5, 0.6) is 0 Å². The molecule has 0 fully saturated rings. The number of carbonyl (C=O) groups is 1. The molecule has 2 unspecified atom stereocenters. The van der Waals surface area contributed by atoms with Gasteiger partial charge in [-0.1, -0.05) is 54.9 Å². The van der Waals surface area contributed by atoms with Gasteiger partial charge in [-0.3, -0.25) is 9.00 Å². The average molecular weight is 414 g/mol. The second kappa shape index (κ2) is 7.89. The van der Waals surface area contributed by atoms with Crippen molar-refractivity contribution in [3.8, 4) is 5.69 Å². The molecule has 0 saturated carbocycles. The summed E-state index contributed by atoms with van der Waals surface area (Å²) in [5.41, 5.74) is 3.34. The summed E-state index contributed by atoms with van der Waals surface area (Å²) in [6.45, 7) is 1.99. The molecule has 144 valence electrons. The van der Waals surface area contributed by atoms with Crippen LogP contribution in [-0.4, -0.2) is 19.9 Å². The van der Waals surface area contributed by atoms with Gasteiger partial charge in [0, 0.05) is 21.4 Å². The number of amides is 1. The molecule has 0 aliphatic carbocycles. The quantitative estimate of drug-likeness (QED) is 0.673. The van der Waals surface area contributed by atoms with Crippen LogP contribution in [0.1, 0.15) is 36.1 Å². The second-order valence-electron chi connectivity index (χ2n) is 6.75. The van der Waals surface area contributed by atoms with Crippen LogP contribution in [0.2, 0.25) is 5.02 Å². The van der Waals surface area contributed by atoms with Crippen molar-refractivity contribution in [3.05, 3.63) is 76.4 Å². The molecule has 7 heteroatoms. The maximum Gasteiger partial charge on any atom is 0.233 e. The fourth-order valence-electron chi connectivity index (χ4n) is 3.51. The first-order valence-corrected chi connectivity index (χ1v) is 11.0. The summed E-state index contributed by atoms with van der Waals surface area (Å²) in [4.78, 5) is 13.1. The van der Waals surface area contributed by atoms with Gasteiger partial charge in [-0.2, -0.15) is 5.10 Å². The Hall–Kier alpha value is -2.44. The summed E-state index contributed by atoms with van der Waals surface area (Å²) in [5, 5.41) is 8.26. The van der Waals surface area contributed by atoms with E-state index in [0.29, 0.717) is 28.8 Å². The van der Waals surface area contributed by atoms with Gasteiger partial charge in [0.2, 0.25) is 5.91 Å². The molecule has 0 radical (unpaired) electrons. The van der Waals surface area contributed by atoms with E-state index in [1.54, 1.807) is 16.8 Å². The largest absolute Gasteiger partial charge is 0.310 e. The molecule has 3 aromatic rings. The molecular formula is C21H20ClN3O2S. The van der Waals surface area contributed by atoms with E-state index in [2.05, 4.69) is 10.4 Å². The molecule has 0 saturated heterocycles. The van der Waals surface area contributed by atoms with E-state index >= 15 is 0 Å². The number of benzene rings is 2. The van der Waals surface area contributed by atoms with Crippen LogP contribution < -0.4 is 5.32 Å². The highest BCUT2D eigenvalue weighted by Crippen LogP contribution is 2.33. The van der Waals surface area contributed by atoms with Crippen LogP contribution in [0.25, 0.3) is 5.69 Å². The molecule has 2 aromatic carbocycles. The Labute approximate surface area is 171 Å². The third-order valence-electron chi connectivity index (χ3n) is 4.89. The van der Waals surface area contributed by atoms with E-state index < -0.39 is 10.8 Å². The Morgan fingerprint density at radius 3 is 2.71 bits per heavy atom. The third-order valence-corrected chi connectivity index (χ3v) is 6.33. The summed E-state index contributed by atoms with van der Waals surface area (Å²) < 4.78 is 13.7. The van der Waals surface area contributed by atoms with Crippen LogP contribution in [-0.2, 0) is 27.1 Å². The zero-order valence-corrected chi connectivity index (χ0v) is 17.0. The predicted molar refractivity (Wildman–Crippen MR) is 112 cm³/mol. The Bertz CT molecular complexity index is 1050. The first kappa shape index (κ1) is 18.9. The molecule has 1 N–H and O–H groups in total. The molecule has 2 atom stereocenters. The number of carbonyl (C=O) groups excluding carboxylic acids is 1. The number of rotatable bonds is 5. The number of nitrogens with zero attached hydrogens (tertiary/aromatic N) is 2. The summed E-state index contributed by atoms with van der Waals surface area (Å²) in [7, 11) is -0.984. The zero-order valence-electron chi connectivity index (χ0n) is 15.4. The number of halogens is 1. The van der Waals surface area contributed by atoms with Gasteiger partial charge in [0.15, 0.2) is 0 Å². The van der Waals surface area contributed by atoms with Gasteiger partial charge >= 0.3 is 0 Å². The predicted octanol–water partition coefficient (Wildman–Crippen LogP) is 4.42. The minimum Gasteiger partial charge on any atom is -0.310 e. The summed E-state index contributed by atoms with van der Waals surface area (Å²) >= 11 is 6.15. The summed E-state index contributed by atoms with van der Waals surface area (Å²) in [6.07, 6.45) is 0.676. The fourth-order valence-corrected chi connectivity index (χ4v) is 4.96. The standard InChI is InChI=1S/C21H20ClN3O2S/c1-2-17(14-7-4-3-5-8-14)21(26)23-20-18-12-28(27)13-19(18)24-25(20)16-10-6-9-15(22)11-16/h3-11,17H,2,12-13H2,1H3,(H,23,26). The second-order valence-corrected chi connectivity index (χ2v) is 8.65. The van der Waals surface area contributed by atoms with E-state index in [9.17, 15) is 9.00 Å². The molecule has 2 heterocycles. The first-order valence-electron chi connectivity index (χ1n) is 9.14. The van der Waals surface area contributed by atoms with E-state index in [0.717, 1.165) is 22.5 Å². The van der Waals surface area contributed by atoms with Crippen molar-refractivity contribution in [1.82, 2.24) is 9.78 Å². The molecule has 1 amide bonds. The van der Waals surface area contributed by atoms with Gasteiger partial charge in [-0.25, -0.2) is 4.68 Å². The van der Waals surface area contributed by atoms with Crippen molar-refractivity contribution in [2.24, 2.45) is 0 Å². The van der Waals surface area contributed by atoms with Crippen molar-refractivity contribution in [1.29, 1.82) is 0 Å². The molecule has 0 spiro atoms. The Balaban J connectivity index is 1.72. The molecule has 28 heavy (non-hydrogen) atoms. The van der Waals surface area contributed by atoms with Crippen LogP contribution in [0.3, 0.4) is 0 Å². The SMILES string of the molecule is CCC(C(=O)Nc1c2c(nn1-c1cccc(Cl)c1)CS(=O)C2)c1ccccc1. The highest BCUT2D eigenvalue weighted by molar-refractivity contribution is 7.83. The Kier molecular flexibility index (Phi) is 5.33. The normalized spacial score (nSPS) is 16.6. The van der Waals surface area contributed by atoms with E-state index in [1.165, 1.54) is 0 Å². The number of hydrogen-bond donors (Lipinski definition) is 1. The number of fused-ring (bicyclic) bond motifs is 1. The van der Waals surface area contributed by atoms with Gasteiger partial charge in [0.05, 0.1) is 28.8 Å². The first-order chi connectivity index (χ1) is 13.6. The van der Waals surface area contributed by atoms with Gasteiger partial charge in [0.25, 0.3) is 0 Å². The third kappa shape index (κ3) is 3.62. The summed E-state index contributed by atoms with van der Waals surface area (Å²) in [6, 6.07) is 17.0. The highest BCUT2D eigenvalue weighted by Gasteiger charge is 2.30. The minimum absolute atomic E-state index is 0.0997. The van der Waals surface area contributed by atoms with E-state index in [1.807, 2.05) is 49.4 Å². The number of aromatic nitrogens is 2. The zero-order chi connectivity index (χ0) is 19.7. The van der Waals surface area contributed by atoms with E-state index in [-0.39, 0.29) is 11.8 Å². The van der Waals surface area contributed by atoms with Gasteiger partial charge in [-0.05, 0) is 30.2 Å². The van der Waals surface area contributed by atoms with Crippen LogP contribution in [0.15, 0.2) is 54.6 Å². The van der Waals surface area contributed by atoms with Gasteiger partial charge < -0.3 is 5.32 Å². The van der Waals surface area contributed by atoms with Crippen molar-refractivity contribution < 1.29 is 9.00 Å². The lowest BCUT2D eigenvalue weighted by molar-refractivity contribution is -0.117.